The molecule has 0 aliphatic carbocycles. The Bertz CT molecular complexity index is 1370. The number of hydrogen-bond donors (Lipinski definition) is 0. The summed E-state index contributed by atoms with van der Waals surface area (Å²) in [5, 5.41) is 9.14. The zero-order valence-electron chi connectivity index (χ0n) is 17.0. The number of halogens is 1. The molecule has 0 spiro atoms. The summed E-state index contributed by atoms with van der Waals surface area (Å²) in [6.07, 6.45) is 0. The van der Waals surface area contributed by atoms with Crippen LogP contribution in [-0.2, 0) is 5.41 Å². The molecule has 6 nitrogen and oxygen atoms in total. The third kappa shape index (κ3) is 3.16. The van der Waals surface area contributed by atoms with Crippen molar-refractivity contribution in [3.8, 4) is 0 Å². The average Bonchev–Trinajstić information content (AvgIpc) is 3.35. The van der Waals surface area contributed by atoms with Crippen LogP contribution in [0.2, 0.25) is 5.02 Å². The molecule has 156 valence electrons. The number of fused-ring (bicyclic) bond motifs is 2. The van der Waals surface area contributed by atoms with Gasteiger partial charge in [0.2, 0.25) is 10.9 Å². The molecule has 1 aliphatic rings. The van der Waals surface area contributed by atoms with Gasteiger partial charge in [-0.25, -0.2) is 0 Å². The standard InChI is InChI=1S/C23H18ClN3O3S/c1-23(2,3)13-6-4-12(5-7-13)18-17-19(28)15-10-14(24)8-9-16(15)30-20(17)21(29)27(18)22-26-25-11-31-22/h4-11,18H,1-3H3. The van der Waals surface area contributed by atoms with Gasteiger partial charge in [-0.05, 0) is 34.7 Å². The summed E-state index contributed by atoms with van der Waals surface area (Å²) in [5.74, 6) is -0.384. The van der Waals surface area contributed by atoms with Gasteiger partial charge in [-0.15, -0.1) is 10.2 Å². The lowest BCUT2D eigenvalue weighted by molar-refractivity contribution is 0.0970. The number of nitrogens with zero attached hydrogens (tertiary/aromatic N) is 3. The molecule has 2 aromatic heterocycles. The van der Waals surface area contributed by atoms with Gasteiger partial charge in [0.1, 0.15) is 11.1 Å². The third-order valence-electron chi connectivity index (χ3n) is 5.48. The Balaban J connectivity index is 1.77. The molecule has 1 unspecified atom stereocenters. The second-order valence-electron chi connectivity index (χ2n) is 8.49. The van der Waals surface area contributed by atoms with Crippen molar-refractivity contribution in [3.63, 3.8) is 0 Å². The van der Waals surface area contributed by atoms with Crippen molar-refractivity contribution in [2.45, 2.75) is 32.2 Å². The highest BCUT2D eigenvalue weighted by molar-refractivity contribution is 7.13. The minimum atomic E-state index is -0.663. The van der Waals surface area contributed by atoms with Crippen LogP contribution in [0.1, 0.15) is 54.1 Å². The molecular weight excluding hydrogens is 434 g/mol. The van der Waals surface area contributed by atoms with Gasteiger partial charge in [-0.2, -0.15) is 0 Å². The van der Waals surface area contributed by atoms with Crippen LogP contribution in [0.3, 0.4) is 0 Å². The molecule has 3 heterocycles. The summed E-state index contributed by atoms with van der Waals surface area (Å²) >= 11 is 7.35. The van der Waals surface area contributed by atoms with Crippen molar-refractivity contribution in [2.24, 2.45) is 0 Å². The van der Waals surface area contributed by atoms with Gasteiger partial charge in [0.15, 0.2) is 5.43 Å². The lowest BCUT2D eigenvalue weighted by Crippen LogP contribution is -2.29. The van der Waals surface area contributed by atoms with Crippen LogP contribution in [0.25, 0.3) is 11.0 Å². The van der Waals surface area contributed by atoms with Crippen LogP contribution in [0.4, 0.5) is 5.13 Å². The van der Waals surface area contributed by atoms with E-state index in [1.807, 2.05) is 24.3 Å². The van der Waals surface area contributed by atoms with E-state index in [-0.39, 0.29) is 16.6 Å². The molecule has 0 fully saturated rings. The number of carbonyl (C=O) groups excluding carboxylic acids is 1. The lowest BCUT2D eigenvalue weighted by atomic mass is 9.86. The van der Waals surface area contributed by atoms with Crippen molar-refractivity contribution < 1.29 is 9.21 Å². The van der Waals surface area contributed by atoms with Crippen LogP contribution in [0.5, 0.6) is 0 Å². The fraction of sp³-hybridized carbons (Fsp3) is 0.217. The highest BCUT2D eigenvalue weighted by Crippen LogP contribution is 2.42. The fourth-order valence-electron chi connectivity index (χ4n) is 3.90. The predicted molar refractivity (Wildman–Crippen MR) is 121 cm³/mol. The van der Waals surface area contributed by atoms with Crippen LogP contribution in [0, 0.1) is 0 Å². The van der Waals surface area contributed by atoms with E-state index in [9.17, 15) is 9.59 Å². The first-order valence-electron chi connectivity index (χ1n) is 9.72. The van der Waals surface area contributed by atoms with Crippen molar-refractivity contribution in [1.82, 2.24) is 10.2 Å². The summed E-state index contributed by atoms with van der Waals surface area (Å²) in [7, 11) is 0. The number of rotatable bonds is 2. The monoisotopic (exact) mass is 451 g/mol. The fourth-order valence-corrected chi connectivity index (χ4v) is 4.65. The molecule has 0 N–H and O–H groups in total. The van der Waals surface area contributed by atoms with Crippen LogP contribution < -0.4 is 10.3 Å². The minimum absolute atomic E-state index is 0.0210. The maximum atomic E-state index is 13.5. The molecule has 0 saturated heterocycles. The molecule has 0 bridgehead atoms. The molecule has 2 aromatic carbocycles. The number of hydrogen-bond acceptors (Lipinski definition) is 6. The molecule has 4 aromatic rings. The molecular formula is C23H18ClN3O3S. The average molecular weight is 452 g/mol. The number of aromatic nitrogens is 2. The van der Waals surface area contributed by atoms with Gasteiger partial charge in [0.05, 0.1) is 17.0 Å². The maximum Gasteiger partial charge on any atom is 0.297 e. The number of carbonyl (C=O) groups is 1. The number of anilines is 1. The van der Waals surface area contributed by atoms with Crippen LogP contribution in [0.15, 0.2) is 57.2 Å². The van der Waals surface area contributed by atoms with E-state index in [4.69, 9.17) is 16.0 Å². The second-order valence-corrected chi connectivity index (χ2v) is 9.73. The smallest absolute Gasteiger partial charge is 0.297 e. The van der Waals surface area contributed by atoms with E-state index >= 15 is 0 Å². The maximum absolute atomic E-state index is 13.5. The normalized spacial score (nSPS) is 16.2. The first kappa shape index (κ1) is 19.9. The highest BCUT2D eigenvalue weighted by Gasteiger charge is 2.45. The van der Waals surface area contributed by atoms with Gasteiger partial charge in [0, 0.05) is 5.02 Å². The summed E-state index contributed by atoms with van der Waals surface area (Å²) in [4.78, 5) is 28.4. The summed E-state index contributed by atoms with van der Waals surface area (Å²) < 4.78 is 5.92. The van der Waals surface area contributed by atoms with E-state index in [2.05, 4.69) is 31.0 Å². The third-order valence-corrected chi connectivity index (χ3v) is 6.40. The predicted octanol–water partition coefficient (Wildman–Crippen LogP) is 5.35. The van der Waals surface area contributed by atoms with Crippen molar-refractivity contribution in [3.05, 3.63) is 85.7 Å². The minimum Gasteiger partial charge on any atom is -0.450 e. The first-order valence-corrected chi connectivity index (χ1v) is 11.0. The first-order chi connectivity index (χ1) is 14.8. The molecule has 1 atom stereocenters. The molecule has 1 amide bonds. The molecule has 0 saturated carbocycles. The van der Waals surface area contributed by atoms with Crippen molar-refractivity contribution in [1.29, 1.82) is 0 Å². The van der Waals surface area contributed by atoms with Gasteiger partial charge in [0.25, 0.3) is 5.91 Å². The lowest BCUT2D eigenvalue weighted by Gasteiger charge is -2.24. The Morgan fingerprint density at radius 3 is 2.48 bits per heavy atom. The van der Waals surface area contributed by atoms with E-state index in [0.29, 0.717) is 26.7 Å². The van der Waals surface area contributed by atoms with Gasteiger partial charge in [-0.3, -0.25) is 14.5 Å². The summed E-state index contributed by atoms with van der Waals surface area (Å²) in [5.41, 5.74) is 3.82. The van der Waals surface area contributed by atoms with Crippen LogP contribution in [-0.4, -0.2) is 16.1 Å². The van der Waals surface area contributed by atoms with E-state index < -0.39 is 11.9 Å². The molecule has 5 rings (SSSR count). The Morgan fingerprint density at radius 1 is 1.10 bits per heavy atom. The highest BCUT2D eigenvalue weighted by atomic mass is 35.5. The second kappa shape index (κ2) is 7.00. The Hall–Kier alpha value is -3.03. The Morgan fingerprint density at radius 2 is 1.84 bits per heavy atom. The number of amides is 1. The van der Waals surface area contributed by atoms with E-state index in [1.54, 1.807) is 23.7 Å². The van der Waals surface area contributed by atoms with E-state index in [0.717, 1.165) is 11.1 Å². The zero-order chi connectivity index (χ0) is 21.9. The van der Waals surface area contributed by atoms with Gasteiger partial charge < -0.3 is 4.42 Å². The Kier molecular flexibility index (Phi) is 4.50. The molecule has 8 heteroatoms. The Labute approximate surface area is 187 Å². The van der Waals surface area contributed by atoms with Crippen molar-refractivity contribution in [2.75, 3.05) is 4.90 Å². The zero-order valence-corrected chi connectivity index (χ0v) is 18.6. The van der Waals surface area contributed by atoms with Crippen LogP contribution >= 0.6 is 22.9 Å². The van der Waals surface area contributed by atoms with Gasteiger partial charge in [-0.1, -0.05) is 68.0 Å². The number of benzene rings is 2. The molecule has 0 radical (unpaired) electrons. The largest absolute Gasteiger partial charge is 0.450 e. The topological polar surface area (TPSA) is 76.3 Å². The quantitative estimate of drug-likeness (QED) is 0.411. The van der Waals surface area contributed by atoms with E-state index in [1.165, 1.54) is 16.2 Å². The summed E-state index contributed by atoms with van der Waals surface area (Å²) in [6.45, 7) is 6.40. The molecule has 1 aliphatic heterocycles. The SMILES string of the molecule is CC(C)(C)c1ccc(C2c3c(oc4ccc(Cl)cc4c3=O)C(=O)N2c2nncs2)cc1. The summed E-state index contributed by atoms with van der Waals surface area (Å²) in [6, 6.07) is 12.1. The molecule has 31 heavy (non-hydrogen) atoms. The van der Waals surface area contributed by atoms with Gasteiger partial charge >= 0.3 is 0 Å². The van der Waals surface area contributed by atoms with Crippen molar-refractivity contribution >= 4 is 44.9 Å².